The van der Waals surface area contributed by atoms with Crippen molar-refractivity contribution in [2.75, 3.05) is 25.0 Å². The molecule has 22 heavy (non-hydrogen) atoms. The number of carbonyl (C=O) groups excluding carboxylic acids is 2. The van der Waals surface area contributed by atoms with Crippen molar-refractivity contribution in [2.45, 2.75) is 6.10 Å². The summed E-state index contributed by atoms with van der Waals surface area (Å²) in [5, 5.41) is 6.04. The van der Waals surface area contributed by atoms with E-state index >= 15 is 0 Å². The number of nitrogens with one attached hydrogen (secondary N) is 2. The number of anilines is 1. The molecule has 2 aromatic rings. The Labute approximate surface area is 127 Å². The largest absolute Gasteiger partial charge is 0.442 e. The number of aromatic nitrogens is 1. The summed E-state index contributed by atoms with van der Waals surface area (Å²) in [7, 11) is 1.53. The Morgan fingerprint density at radius 2 is 2.32 bits per heavy atom. The van der Waals surface area contributed by atoms with Crippen LogP contribution in [0.15, 0.2) is 36.5 Å². The lowest BCUT2D eigenvalue weighted by Gasteiger charge is -2.13. The molecule has 1 aromatic carbocycles. The van der Waals surface area contributed by atoms with Crippen molar-refractivity contribution in [3.8, 4) is 0 Å². The average molecular weight is 300 g/mol. The molecular weight excluding hydrogens is 284 g/mol. The van der Waals surface area contributed by atoms with E-state index in [9.17, 15) is 9.59 Å². The van der Waals surface area contributed by atoms with E-state index in [0.29, 0.717) is 6.54 Å². The fourth-order valence-corrected chi connectivity index (χ4v) is 2.36. The second-order valence-corrected chi connectivity index (χ2v) is 4.96. The topological polar surface area (TPSA) is 83.6 Å². The number of urea groups is 1. The van der Waals surface area contributed by atoms with Gasteiger partial charge >= 0.3 is 12.1 Å². The van der Waals surface area contributed by atoms with Crippen LogP contribution in [0.2, 0.25) is 0 Å². The molecule has 7 nitrogen and oxygen atoms in total. The number of fused-ring (bicyclic) bond motifs is 1. The van der Waals surface area contributed by atoms with Crippen molar-refractivity contribution < 1.29 is 14.3 Å². The van der Waals surface area contributed by atoms with E-state index in [1.807, 2.05) is 30.3 Å². The third-order valence-corrected chi connectivity index (χ3v) is 3.49. The molecule has 3 rings (SSSR count). The normalized spacial score (nSPS) is 17.4. The maximum absolute atomic E-state index is 12.0. The molecule has 114 valence electrons. The molecule has 1 aliphatic heterocycles. The molecule has 1 aromatic heterocycles. The van der Waals surface area contributed by atoms with Crippen LogP contribution >= 0.6 is 0 Å². The third-order valence-electron chi connectivity index (χ3n) is 3.49. The minimum Gasteiger partial charge on any atom is -0.442 e. The zero-order valence-corrected chi connectivity index (χ0v) is 12.1. The van der Waals surface area contributed by atoms with E-state index in [-0.39, 0.29) is 18.7 Å². The van der Waals surface area contributed by atoms with E-state index in [4.69, 9.17) is 4.74 Å². The van der Waals surface area contributed by atoms with Crippen LogP contribution in [0.25, 0.3) is 10.9 Å². The van der Waals surface area contributed by atoms with E-state index in [1.165, 1.54) is 7.05 Å². The molecule has 2 N–H and O–H groups in total. The zero-order chi connectivity index (χ0) is 15.5. The molecule has 0 spiro atoms. The van der Waals surface area contributed by atoms with Gasteiger partial charge in [-0.2, -0.15) is 0 Å². The first-order chi connectivity index (χ1) is 10.7. The minimum absolute atomic E-state index is 0.275. The number of ether oxygens (including phenoxy) is 1. The number of pyridine rings is 1. The molecule has 0 radical (unpaired) electrons. The predicted molar refractivity (Wildman–Crippen MR) is 81.8 cm³/mol. The number of carbonyl (C=O) groups is 2. The van der Waals surface area contributed by atoms with E-state index < -0.39 is 6.09 Å². The molecule has 1 fully saturated rings. The summed E-state index contributed by atoms with van der Waals surface area (Å²) in [5.41, 5.74) is 1.63. The summed E-state index contributed by atoms with van der Waals surface area (Å²) in [4.78, 5) is 29.0. The molecule has 7 heteroatoms. The van der Waals surface area contributed by atoms with Crippen LogP contribution in [0, 0.1) is 0 Å². The Bertz CT molecular complexity index is 719. The first-order valence-electron chi connectivity index (χ1n) is 6.96. The van der Waals surface area contributed by atoms with Crippen LogP contribution in [0.4, 0.5) is 15.3 Å². The van der Waals surface area contributed by atoms with Crippen molar-refractivity contribution in [1.82, 2.24) is 15.6 Å². The van der Waals surface area contributed by atoms with Crippen molar-refractivity contribution in [1.29, 1.82) is 0 Å². The maximum Gasteiger partial charge on any atom is 0.414 e. The molecule has 1 saturated heterocycles. The van der Waals surface area contributed by atoms with Gasteiger partial charge in [-0.15, -0.1) is 0 Å². The van der Waals surface area contributed by atoms with Crippen molar-refractivity contribution >= 4 is 28.7 Å². The lowest BCUT2D eigenvalue weighted by Crippen LogP contribution is -2.39. The Balaban J connectivity index is 1.73. The van der Waals surface area contributed by atoms with Crippen LogP contribution < -0.4 is 15.5 Å². The number of hydrogen-bond acceptors (Lipinski definition) is 4. The summed E-state index contributed by atoms with van der Waals surface area (Å²) in [5.74, 6) is 0. The monoisotopic (exact) mass is 300 g/mol. The van der Waals surface area contributed by atoms with Crippen LogP contribution in [-0.4, -0.2) is 43.3 Å². The number of rotatable bonds is 3. The maximum atomic E-state index is 12.0. The Kier molecular flexibility index (Phi) is 3.78. The molecule has 3 amide bonds. The molecule has 1 aliphatic rings. The van der Waals surface area contributed by atoms with Gasteiger partial charge in [-0.25, -0.2) is 9.59 Å². The van der Waals surface area contributed by atoms with Crippen LogP contribution in [0.3, 0.4) is 0 Å². The Hall–Kier alpha value is -2.83. The predicted octanol–water partition coefficient (Wildman–Crippen LogP) is 1.49. The van der Waals surface area contributed by atoms with Crippen LogP contribution in [0.5, 0.6) is 0 Å². The van der Waals surface area contributed by atoms with Crippen LogP contribution in [0.1, 0.15) is 0 Å². The average Bonchev–Trinajstić information content (AvgIpc) is 2.93. The van der Waals surface area contributed by atoms with Gasteiger partial charge in [0.25, 0.3) is 0 Å². The van der Waals surface area contributed by atoms with Crippen LogP contribution in [-0.2, 0) is 4.74 Å². The first kappa shape index (κ1) is 14.1. The second kappa shape index (κ2) is 5.88. The molecular formula is C15H16N4O3. The first-order valence-corrected chi connectivity index (χ1v) is 6.96. The van der Waals surface area contributed by atoms with E-state index in [1.54, 1.807) is 11.1 Å². The van der Waals surface area contributed by atoms with Gasteiger partial charge in [0.05, 0.1) is 18.6 Å². The van der Waals surface area contributed by atoms with Gasteiger partial charge in [-0.1, -0.05) is 6.07 Å². The molecule has 1 atom stereocenters. The SMILES string of the molecule is CNC(=O)NC[C@H]1CN(c2ccc3ncccc3c2)C(=O)O1. The highest BCUT2D eigenvalue weighted by molar-refractivity contribution is 5.93. The molecule has 0 aliphatic carbocycles. The van der Waals surface area contributed by atoms with Gasteiger partial charge < -0.3 is 15.4 Å². The third kappa shape index (κ3) is 2.78. The lowest BCUT2D eigenvalue weighted by atomic mass is 10.2. The standard InChI is InChI=1S/C15H16N4O3/c1-16-14(20)18-8-12-9-19(15(21)22-12)11-4-5-13-10(7-11)3-2-6-17-13/h2-7,12H,8-9H2,1H3,(H2,16,18,20)/t12-/m0/s1. The summed E-state index contributed by atoms with van der Waals surface area (Å²) >= 11 is 0. The Morgan fingerprint density at radius 1 is 1.45 bits per heavy atom. The number of amides is 3. The molecule has 0 unspecified atom stereocenters. The number of nitrogens with zero attached hydrogens (tertiary/aromatic N) is 2. The van der Waals surface area contributed by atoms with Gasteiger partial charge in [0.15, 0.2) is 0 Å². The van der Waals surface area contributed by atoms with Gasteiger partial charge in [-0.05, 0) is 24.3 Å². The number of benzene rings is 1. The van der Waals surface area contributed by atoms with Gasteiger partial charge in [-0.3, -0.25) is 9.88 Å². The Morgan fingerprint density at radius 3 is 3.14 bits per heavy atom. The quantitative estimate of drug-likeness (QED) is 0.899. The molecule has 2 heterocycles. The fraction of sp³-hybridized carbons (Fsp3) is 0.267. The smallest absolute Gasteiger partial charge is 0.414 e. The van der Waals surface area contributed by atoms with Gasteiger partial charge in [0.2, 0.25) is 0 Å². The highest BCUT2D eigenvalue weighted by Crippen LogP contribution is 2.25. The number of hydrogen-bond donors (Lipinski definition) is 2. The lowest BCUT2D eigenvalue weighted by molar-refractivity contribution is 0.140. The second-order valence-electron chi connectivity index (χ2n) is 4.96. The summed E-state index contributed by atoms with van der Waals surface area (Å²) in [6.45, 7) is 0.672. The molecule has 0 saturated carbocycles. The van der Waals surface area contributed by atoms with Crippen molar-refractivity contribution in [3.63, 3.8) is 0 Å². The zero-order valence-electron chi connectivity index (χ0n) is 12.1. The summed E-state index contributed by atoms with van der Waals surface area (Å²) < 4.78 is 5.26. The van der Waals surface area contributed by atoms with E-state index in [2.05, 4.69) is 15.6 Å². The summed E-state index contributed by atoms with van der Waals surface area (Å²) in [6.07, 6.45) is 0.952. The van der Waals surface area contributed by atoms with Crippen molar-refractivity contribution in [2.24, 2.45) is 0 Å². The summed E-state index contributed by atoms with van der Waals surface area (Å²) in [6, 6.07) is 9.10. The van der Waals surface area contributed by atoms with Gasteiger partial charge in [0, 0.05) is 24.3 Å². The fourth-order valence-electron chi connectivity index (χ4n) is 2.36. The highest BCUT2D eigenvalue weighted by Gasteiger charge is 2.32. The molecule has 0 bridgehead atoms. The van der Waals surface area contributed by atoms with E-state index in [0.717, 1.165) is 16.6 Å². The number of cyclic esters (lactones) is 1. The minimum atomic E-state index is -0.410. The van der Waals surface area contributed by atoms with Gasteiger partial charge in [0.1, 0.15) is 6.10 Å². The highest BCUT2D eigenvalue weighted by atomic mass is 16.6. The van der Waals surface area contributed by atoms with Crippen molar-refractivity contribution in [3.05, 3.63) is 36.5 Å².